The number of rotatable bonds is 4. The van der Waals surface area contributed by atoms with Crippen LogP contribution in [0.1, 0.15) is 17.3 Å². The number of hydrogen-bond acceptors (Lipinski definition) is 4. The minimum absolute atomic E-state index is 0.0224. The van der Waals surface area contributed by atoms with Crippen molar-refractivity contribution in [3.63, 3.8) is 0 Å². The van der Waals surface area contributed by atoms with Gasteiger partial charge < -0.3 is 15.3 Å². The summed E-state index contributed by atoms with van der Waals surface area (Å²) in [7, 11) is 0. The molecule has 1 aliphatic rings. The Bertz CT molecular complexity index is 511. The van der Waals surface area contributed by atoms with Gasteiger partial charge in [0.25, 0.3) is 5.91 Å². The Kier molecular flexibility index (Phi) is 5.30. The van der Waals surface area contributed by atoms with Gasteiger partial charge in [-0.05, 0) is 18.2 Å². The second-order valence-corrected chi connectivity index (χ2v) is 5.12. The summed E-state index contributed by atoms with van der Waals surface area (Å²) in [6.45, 7) is 5.10. The van der Waals surface area contributed by atoms with Gasteiger partial charge in [-0.2, -0.15) is 0 Å². The summed E-state index contributed by atoms with van der Waals surface area (Å²) in [4.78, 5) is 27.5. The maximum Gasteiger partial charge on any atom is 0.254 e. The smallest absolute Gasteiger partial charge is 0.254 e. The van der Waals surface area contributed by atoms with E-state index in [9.17, 15) is 9.59 Å². The number of nitrogens with zero attached hydrogens (tertiary/aromatic N) is 2. The summed E-state index contributed by atoms with van der Waals surface area (Å²) >= 11 is 0. The molecule has 114 valence electrons. The first-order valence-corrected chi connectivity index (χ1v) is 7.10. The van der Waals surface area contributed by atoms with Crippen LogP contribution in [0.15, 0.2) is 24.3 Å². The van der Waals surface area contributed by atoms with Gasteiger partial charge in [0.2, 0.25) is 5.91 Å². The van der Waals surface area contributed by atoms with E-state index in [2.05, 4.69) is 10.2 Å². The standard InChI is InChI=1S/C15H21N3O3/c1-12(20)16-14-4-2-3-13(11-14)15(21)18-7-5-17(6-8-18)9-10-19/h2-4,11,19H,5-10H2,1H3,(H,16,20). The Morgan fingerprint density at radius 2 is 1.95 bits per heavy atom. The van der Waals surface area contributed by atoms with E-state index in [0.29, 0.717) is 30.9 Å². The molecule has 1 aromatic rings. The Hall–Kier alpha value is -1.92. The third-order valence-electron chi connectivity index (χ3n) is 3.51. The number of piperazine rings is 1. The molecule has 0 radical (unpaired) electrons. The van der Waals surface area contributed by atoms with Gasteiger partial charge >= 0.3 is 0 Å². The number of carbonyl (C=O) groups is 2. The molecule has 1 saturated heterocycles. The van der Waals surface area contributed by atoms with E-state index in [4.69, 9.17) is 5.11 Å². The van der Waals surface area contributed by atoms with Gasteiger partial charge in [-0.15, -0.1) is 0 Å². The molecule has 6 heteroatoms. The van der Waals surface area contributed by atoms with Gasteiger partial charge in [0.05, 0.1) is 6.61 Å². The zero-order chi connectivity index (χ0) is 15.2. The predicted octanol–water partition coefficient (Wildman–Crippen LogP) is 0.395. The molecule has 0 spiro atoms. The number of aliphatic hydroxyl groups is 1. The lowest BCUT2D eigenvalue weighted by atomic mass is 10.1. The highest BCUT2D eigenvalue weighted by atomic mass is 16.3. The topological polar surface area (TPSA) is 72.9 Å². The van der Waals surface area contributed by atoms with E-state index in [1.807, 2.05) is 0 Å². The fourth-order valence-corrected chi connectivity index (χ4v) is 2.43. The highest BCUT2D eigenvalue weighted by Gasteiger charge is 2.21. The average molecular weight is 291 g/mol. The summed E-state index contributed by atoms with van der Waals surface area (Å²) in [5, 5.41) is 11.6. The minimum Gasteiger partial charge on any atom is -0.395 e. The molecule has 1 aliphatic heterocycles. The van der Waals surface area contributed by atoms with Crippen LogP contribution < -0.4 is 5.32 Å². The molecule has 1 fully saturated rings. The molecule has 21 heavy (non-hydrogen) atoms. The van der Waals surface area contributed by atoms with Gasteiger partial charge in [-0.25, -0.2) is 0 Å². The molecule has 2 rings (SSSR count). The first-order valence-electron chi connectivity index (χ1n) is 7.10. The van der Waals surface area contributed by atoms with Crippen LogP contribution in [0.3, 0.4) is 0 Å². The lowest BCUT2D eigenvalue weighted by molar-refractivity contribution is -0.114. The highest BCUT2D eigenvalue weighted by Crippen LogP contribution is 2.14. The van der Waals surface area contributed by atoms with E-state index in [-0.39, 0.29) is 18.4 Å². The fraction of sp³-hybridized carbons (Fsp3) is 0.467. The van der Waals surface area contributed by atoms with Crippen molar-refractivity contribution in [1.29, 1.82) is 0 Å². The Balaban J connectivity index is 1.99. The number of anilines is 1. The lowest BCUT2D eigenvalue weighted by Crippen LogP contribution is -2.49. The molecule has 2 N–H and O–H groups in total. The fourth-order valence-electron chi connectivity index (χ4n) is 2.43. The minimum atomic E-state index is -0.155. The Labute approximate surface area is 124 Å². The summed E-state index contributed by atoms with van der Waals surface area (Å²) < 4.78 is 0. The molecule has 1 aromatic carbocycles. The van der Waals surface area contributed by atoms with E-state index in [1.165, 1.54) is 6.92 Å². The molecule has 0 aromatic heterocycles. The Morgan fingerprint density at radius 3 is 2.57 bits per heavy atom. The van der Waals surface area contributed by atoms with Crippen LogP contribution >= 0.6 is 0 Å². The van der Waals surface area contributed by atoms with E-state index < -0.39 is 0 Å². The molecular formula is C15H21N3O3. The molecular weight excluding hydrogens is 270 g/mol. The van der Waals surface area contributed by atoms with Crippen molar-refractivity contribution >= 4 is 17.5 Å². The highest BCUT2D eigenvalue weighted by molar-refractivity contribution is 5.96. The molecule has 0 saturated carbocycles. The maximum absolute atomic E-state index is 12.4. The van der Waals surface area contributed by atoms with Crippen LogP contribution in [0.2, 0.25) is 0 Å². The molecule has 0 bridgehead atoms. The largest absolute Gasteiger partial charge is 0.395 e. The molecule has 6 nitrogen and oxygen atoms in total. The van der Waals surface area contributed by atoms with E-state index in [0.717, 1.165) is 13.1 Å². The Morgan fingerprint density at radius 1 is 1.24 bits per heavy atom. The molecule has 0 aliphatic carbocycles. The average Bonchev–Trinajstić information content (AvgIpc) is 2.47. The van der Waals surface area contributed by atoms with Crippen molar-refractivity contribution in [3.05, 3.63) is 29.8 Å². The quantitative estimate of drug-likeness (QED) is 0.842. The molecule has 0 atom stereocenters. The maximum atomic E-state index is 12.4. The van der Waals surface area contributed by atoms with Gasteiger partial charge in [0.1, 0.15) is 0 Å². The third kappa shape index (κ3) is 4.27. The van der Waals surface area contributed by atoms with Crippen molar-refractivity contribution in [3.8, 4) is 0 Å². The van der Waals surface area contributed by atoms with Crippen LogP contribution in [0.5, 0.6) is 0 Å². The molecule has 0 unspecified atom stereocenters. The van der Waals surface area contributed by atoms with Gasteiger partial charge in [-0.3, -0.25) is 14.5 Å². The number of nitrogens with one attached hydrogen (secondary N) is 1. The second kappa shape index (κ2) is 7.19. The van der Waals surface area contributed by atoms with Crippen molar-refractivity contribution in [2.24, 2.45) is 0 Å². The van der Waals surface area contributed by atoms with Crippen molar-refractivity contribution < 1.29 is 14.7 Å². The predicted molar refractivity (Wildman–Crippen MR) is 80.2 cm³/mol. The van der Waals surface area contributed by atoms with Crippen LogP contribution in [-0.2, 0) is 4.79 Å². The van der Waals surface area contributed by atoms with Crippen LogP contribution in [0.4, 0.5) is 5.69 Å². The van der Waals surface area contributed by atoms with Crippen LogP contribution in [-0.4, -0.2) is 66.1 Å². The summed E-state index contributed by atoms with van der Waals surface area (Å²) in [6, 6.07) is 6.98. The number of benzene rings is 1. The van der Waals surface area contributed by atoms with Crippen LogP contribution in [0.25, 0.3) is 0 Å². The van der Waals surface area contributed by atoms with Crippen molar-refractivity contribution in [2.45, 2.75) is 6.92 Å². The zero-order valence-corrected chi connectivity index (χ0v) is 12.2. The SMILES string of the molecule is CC(=O)Nc1cccc(C(=O)N2CCN(CCO)CC2)c1. The first-order chi connectivity index (χ1) is 10.1. The normalized spacial score (nSPS) is 15.8. The van der Waals surface area contributed by atoms with Gasteiger partial charge in [0, 0.05) is 50.9 Å². The van der Waals surface area contributed by atoms with Crippen molar-refractivity contribution in [2.75, 3.05) is 44.6 Å². The first kappa shape index (κ1) is 15.5. The number of carbonyl (C=O) groups excluding carboxylic acids is 2. The van der Waals surface area contributed by atoms with Crippen molar-refractivity contribution in [1.82, 2.24) is 9.80 Å². The number of aliphatic hydroxyl groups excluding tert-OH is 1. The van der Waals surface area contributed by atoms with E-state index in [1.54, 1.807) is 29.2 Å². The molecule has 1 heterocycles. The van der Waals surface area contributed by atoms with E-state index >= 15 is 0 Å². The monoisotopic (exact) mass is 291 g/mol. The van der Waals surface area contributed by atoms with Gasteiger partial charge in [-0.1, -0.05) is 6.07 Å². The summed E-state index contributed by atoms with van der Waals surface area (Å²) in [6.07, 6.45) is 0. The second-order valence-electron chi connectivity index (χ2n) is 5.12. The number of amides is 2. The number of hydrogen-bond donors (Lipinski definition) is 2. The third-order valence-corrected chi connectivity index (χ3v) is 3.51. The van der Waals surface area contributed by atoms with Gasteiger partial charge in [0.15, 0.2) is 0 Å². The summed E-state index contributed by atoms with van der Waals surface area (Å²) in [5.74, 6) is -0.178. The summed E-state index contributed by atoms with van der Waals surface area (Å²) in [5.41, 5.74) is 1.21. The molecule has 2 amide bonds. The van der Waals surface area contributed by atoms with Crippen LogP contribution in [0, 0.1) is 0 Å². The number of β-amino-alcohol motifs (C(OH)–C–C–N with tert-alkyl or cyclic N) is 1. The lowest BCUT2D eigenvalue weighted by Gasteiger charge is -2.34. The zero-order valence-electron chi connectivity index (χ0n) is 12.2.